The van der Waals surface area contributed by atoms with E-state index in [2.05, 4.69) is 0 Å². The summed E-state index contributed by atoms with van der Waals surface area (Å²) < 4.78 is 0. The average Bonchev–Trinajstić information content (AvgIpc) is 2.42. The highest BCUT2D eigenvalue weighted by atomic mass is 16.4. The molecule has 0 aliphatic heterocycles. The largest absolute Gasteiger partial charge is 0.481 e. The van der Waals surface area contributed by atoms with Crippen LogP contribution < -0.4 is 0 Å². The highest BCUT2D eigenvalue weighted by Crippen LogP contribution is 2.46. The van der Waals surface area contributed by atoms with Crippen molar-refractivity contribution < 1.29 is 24.9 Å². The Kier molecular flexibility index (Phi) is 6.67. The molecule has 0 amide bonds. The fourth-order valence-corrected chi connectivity index (χ4v) is 4.18. The number of hydrogen-bond acceptors (Lipinski definition) is 3. The summed E-state index contributed by atoms with van der Waals surface area (Å²) in [6.45, 7) is 0. The molecule has 0 aromatic rings. The van der Waals surface area contributed by atoms with E-state index in [4.69, 9.17) is 0 Å². The minimum Gasteiger partial charge on any atom is -0.481 e. The summed E-state index contributed by atoms with van der Waals surface area (Å²) in [5, 5.41) is 28.6. The molecule has 24 heavy (non-hydrogen) atoms. The van der Waals surface area contributed by atoms with Crippen LogP contribution in [0.1, 0.15) is 89.9 Å². The molecule has 3 N–H and O–H groups in total. The Morgan fingerprint density at radius 1 is 0.750 bits per heavy atom. The van der Waals surface area contributed by atoms with Crippen molar-refractivity contribution in [2.24, 2.45) is 10.8 Å². The molecule has 2 rings (SSSR count). The minimum absolute atomic E-state index is 0.339. The van der Waals surface area contributed by atoms with Gasteiger partial charge in [-0.1, -0.05) is 38.5 Å². The number of carboxylic acids is 2. The Bertz CT molecular complexity index is 397. The zero-order chi connectivity index (χ0) is 17.6. The van der Waals surface area contributed by atoms with Gasteiger partial charge >= 0.3 is 11.9 Å². The smallest absolute Gasteiger partial charge is 0.309 e. The average molecular weight is 340 g/mol. The molecule has 2 fully saturated rings. The molecule has 0 atom stereocenters. The number of aliphatic carboxylic acids is 2. The topological polar surface area (TPSA) is 94.8 Å². The maximum Gasteiger partial charge on any atom is 0.309 e. The van der Waals surface area contributed by atoms with E-state index >= 15 is 0 Å². The molecule has 0 bridgehead atoms. The monoisotopic (exact) mass is 340 g/mol. The van der Waals surface area contributed by atoms with E-state index in [1.165, 1.54) is 0 Å². The molecule has 2 aliphatic carbocycles. The first-order chi connectivity index (χ1) is 11.4. The summed E-state index contributed by atoms with van der Waals surface area (Å²) in [4.78, 5) is 22.5. The third kappa shape index (κ3) is 4.50. The summed E-state index contributed by atoms with van der Waals surface area (Å²) >= 11 is 0. The van der Waals surface area contributed by atoms with E-state index in [1.807, 2.05) is 0 Å². The van der Waals surface area contributed by atoms with Crippen molar-refractivity contribution in [1.29, 1.82) is 0 Å². The van der Waals surface area contributed by atoms with Crippen molar-refractivity contribution in [1.82, 2.24) is 0 Å². The van der Waals surface area contributed by atoms with Crippen LogP contribution in [0.3, 0.4) is 0 Å². The molecule has 0 radical (unpaired) electrons. The Morgan fingerprint density at radius 2 is 1.12 bits per heavy atom. The molecule has 0 aromatic heterocycles. The van der Waals surface area contributed by atoms with Crippen LogP contribution in [0.25, 0.3) is 0 Å². The fourth-order valence-electron chi connectivity index (χ4n) is 4.18. The van der Waals surface area contributed by atoms with Gasteiger partial charge in [-0.15, -0.1) is 0 Å². The first-order valence-corrected chi connectivity index (χ1v) is 9.55. The summed E-state index contributed by atoms with van der Waals surface area (Å²) in [6, 6.07) is 0. The van der Waals surface area contributed by atoms with Gasteiger partial charge in [0.25, 0.3) is 0 Å². The Labute approximate surface area is 144 Å². The molecule has 0 unspecified atom stereocenters. The summed E-state index contributed by atoms with van der Waals surface area (Å²) in [6.07, 6.45) is 11.3. The first kappa shape index (κ1) is 19.2. The van der Waals surface area contributed by atoms with E-state index in [1.54, 1.807) is 0 Å². The predicted octanol–water partition coefficient (Wildman–Crippen LogP) is 3.98. The molecule has 0 spiro atoms. The number of aliphatic hydroxyl groups excluding tert-OH is 1. The van der Waals surface area contributed by atoms with Gasteiger partial charge in [-0.3, -0.25) is 9.59 Å². The van der Waals surface area contributed by atoms with Gasteiger partial charge in [-0.05, 0) is 51.4 Å². The summed E-state index contributed by atoms with van der Waals surface area (Å²) in [5.74, 6) is -1.31. The van der Waals surface area contributed by atoms with Gasteiger partial charge in [-0.2, -0.15) is 0 Å². The predicted molar refractivity (Wildman–Crippen MR) is 90.8 cm³/mol. The van der Waals surface area contributed by atoms with Gasteiger partial charge in [-0.25, -0.2) is 0 Å². The van der Waals surface area contributed by atoms with Crippen LogP contribution in [0.2, 0.25) is 0 Å². The van der Waals surface area contributed by atoms with Crippen LogP contribution in [0.4, 0.5) is 0 Å². The van der Waals surface area contributed by atoms with Crippen molar-refractivity contribution in [2.75, 3.05) is 0 Å². The maximum absolute atomic E-state index is 11.3. The normalized spacial score (nSPS) is 21.1. The molecular formula is C19H32O5. The van der Waals surface area contributed by atoms with Crippen molar-refractivity contribution in [3.8, 4) is 0 Å². The van der Waals surface area contributed by atoms with Crippen molar-refractivity contribution in [3.05, 3.63) is 0 Å². The number of unbranched alkanes of at least 4 members (excludes halogenated alkanes) is 2. The van der Waals surface area contributed by atoms with E-state index in [0.717, 1.165) is 89.9 Å². The van der Waals surface area contributed by atoms with E-state index in [9.17, 15) is 24.9 Å². The van der Waals surface area contributed by atoms with Crippen molar-refractivity contribution in [2.45, 2.75) is 96.0 Å². The summed E-state index contributed by atoms with van der Waals surface area (Å²) in [7, 11) is 0. The van der Waals surface area contributed by atoms with Crippen LogP contribution in [0, 0.1) is 10.8 Å². The van der Waals surface area contributed by atoms with E-state index in [-0.39, 0.29) is 6.10 Å². The van der Waals surface area contributed by atoms with Gasteiger partial charge in [0.15, 0.2) is 0 Å². The van der Waals surface area contributed by atoms with Crippen LogP contribution in [-0.2, 0) is 9.59 Å². The lowest BCUT2D eigenvalue weighted by Gasteiger charge is -2.38. The molecule has 5 nitrogen and oxygen atoms in total. The third-order valence-corrected chi connectivity index (χ3v) is 6.41. The second kappa shape index (κ2) is 8.32. The second-order valence-electron chi connectivity index (χ2n) is 8.02. The lowest BCUT2D eigenvalue weighted by atomic mass is 9.66. The number of hydrogen-bond donors (Lipinski definition) is 3. The highest BCUT2D eigenvalue weighted by Gasteiger charge is 2.44. The standard InChI is InChI=1S/C19H32O5/c20-15(7-1-3-9-18(16(21)22)11-5-12-18)8-2-4-10-19(17(23)24)13-6-14-19/h15,20H,1-14H2,(H,21,22)(H,23,24). The number of aliphatic hydroxyl groups is 1. The fraction of sp³-hybridized carbons (Fsp3) is 0.895. The quantitative estimate of drug-likeness (QED) is 0.467. The molecule has 0 heterocycles. The van der Waals surface area contributed by atoms with Gasteiger partial charge in [0, 0.05) is 0 Å². The molecule has 2 aliphatic rings. The molecule has 0 saturated heterocycles. The Balaban J connectivity index is 1.52. The minimum atomic E-state index is -0.655. The lowest BCUT2D eigenvalue weighted by Crippen LogP contribution is -2.37. The molecule has 0 aromatic carbocycles. The number of carbonyl (C=O) groups is 2. The van der Waals surface area contributed by atoms with Crippen molar-refractivity contribution >= 4 is 11.9 Å². The molecule has 5 heteroatoms. The molecule has 138 valence electrons. The Morgan fingerprint density at radius 3 is 1.38 bits per heavy atom. The first-order valence-electron chi connectivity index (χ1n) is 9.55. The van der Waals surface area contributed by atoms with Gasteiger partial charge < -0.3 is 15.3 Å². The highest BCUT2D eigenvalue weighted by molar-refractivity contribution is 5.76. The third-order valence-electron chi connectivity index (χ3n) is 6.41. The van der Waals surface area contributed by atoms with Crippen LogP contribution in [0.15, 0.2) is 0 Å². The van der Waals surface area contributed by atoms with Crippen LogP contribution in [-0.4, -0.2) is 33.4 Å². The zero-order valence-corrected chi connectivity index (χ0v) is 14.6. The number of rotatable bonds is 12. The van der Waals surface area contributed by atoms with Gasteiger partial charge in [0.1, 0.15) is 0 Å². The lowest BCUT2D eigenvalue weighted by molar-refractivity contribution is -0.156. The number of carboxylic acid groups (broad SMARTS) is 2. The van der Waals surface area contributed by atoms with Gasteiger partial charge in [0.2, 0.25) is 0 Å². The summed E-state index contributed by atoms with van der Waals surface area (Å²) in [5.41, 5.74) is -0.947. The van der Waals surface area contributed by atoms with Crippen LogP contribution >= 0.6 is 0 Å². The Hall–Kier alpha value is -1.10. The van der Waals surface area contributed by atoms with Crippen molar-refractivity contribution in [3.63, 3.8) is 0 Å². The molecule has 2 saturated carbocycles. The van der Waals surface area contributed by atoms with Crippen LogP contribution in [0.5, 0.6) is 0 Å². The maximum atomic E-state index is 11.3. The van der Waals surface area contributed by atoms with Gasteiger partial charge in [0.05, 0.1) is 16.9 Å². The van der Waals surface area contributed by atoms with E-state index in [0.29, 0.717) is 0 Å². The molecular weight excluding hydrogens is 308 g/mol. The SMILES string of the molecule is O=C(O)C1(CCCCC(O)CCCCC2(C(=O)O)CCC2)CCC1. The second-order valence-corrected chi connectivity index (χ2v) is 8.02. The zero-order valence-electron chi connectivity index (χ0n) is 14.6. The van der Waals surface area contributed by atoms with E-state index < -0.39 is 22.8 Å².